The molecule has 112 valence electrons. The number of ether oxygens (including phenoxy) is 2. The molecule has 0 aliphatic carbocycles. The second kappa shape index (κ2) is 6.69. The van der Waals surface area contributed by atoms with Gasteiger partial charge in [0.25, 0.3) is 0 Å². The van der Waals surface area contributed by atoms with Crippen LogP contribution in [0.1, 0.15) is 18.1 Å². The lowest BCUT2D eigenvalue weighted by molar-refractivity contribution is 0.183. The summed E-state index contributed by atoms with van der Waals surface area (Å²) < 4.78 is 33.9. The normalized spacial score (nSPS) is 27.9. The summed E-state index contributed by atoms with van der Waals surface area (Å²) in [6.07, 6.45) is -0.478. The summed E-state index contributed by atoms with van der Waals surface area (Å²) in [7, 11) is 0.331. The molecule has 1 aliphatic heterocycles. The van der Waals surface area contributed by atoms with Gasteiger partial charge in [-0.2, -0.15) is 0 Å². The van der Waals surface area contributed by atoms with Crippen molar-refractivity contribution >= 4 is 21.6 Å². The molecule has 1 aromatic carbocycles. The van der Waals surface area contributed by atoms with Crippen LogP contribution in [0.25, 0.3) is 0 Å². The van der Waals surface area contributed by atoms with Crippen LogP contribution in [0.5, 0.6) is 11.5 Å². The lowest BCUT2D eigenvalue weighted by Gasteiger charge is -2.27. The summed E-state index contributed by atoms with van der Waals surface area (Å²) in [6, 6.07) is 5.12. The van der Waals surface area contributed by atoms with E-state index in [0.29, 0.717) is 35.0 Å². The highest BCUT2D eigenvalue weighted by Gasteiger charge is 2.37. The summed E-state index contributed by atoms with van der Waals surface area (Å²) >= 11 is 0. The van der Waals surface area contributed by atoms with E-state index in [9.17, 15) is 13.5 Å². The van der Waals surface area contributed by atoms with Gasteiger partial charge >= 0.3 is 0 Å². The van der Waals surface area contributed by atoms with E-state index in [4.69, 9.17) is 9.47 Å². The van der Waals surface area contributed by atoms with E-state index in [-0.39, 0.29) is 0 Å². The Balaban J connectivity index is 2.44. The molecule has 2 rings (SSSR count). The third-order valence-electron chi connectivity index (χ3n) is 3.23. The molecule has 0 bridgehead atoms. The first-order valence-electron chi connectivity index (χ1n) is 6.23. The maximum atomic E-state index is 12.1. The highest BCUT2D eigenvalue weighted by atomic mass is 32.2. The van der Waals surface area contributed by atoms with E-state index < -0.39 is 32.3 Å². The minimum Gasteiger partial charge on any atom is -0.496 e. The Morgan fingerprint density at radius 2 is 1.65 bits per heavy atom. The summed E-state index contributed by atoms with van der Waals surface area (Å²) in [5, 5.41) is 10.6. The second-order valence-corrected chi connectivity index (χ2v) is 8.07. The summed E-state index contributed by atoms with van der Waals surface area (Å²) in [4.78, 5) is 0. The fraction of sp³-hybridized carbons (Fsp3) is 0.538. The van der Waals surface area contributed by atoms with E-state index in [1.807, 2.05) is 0 Å². The Labute approximate surface area is 123 Å². The van der Waals surface area contributed by atoms with E-state index in [1.165, 1.54) is 14.2 Å². The Morgan fingerprint density at radius 3 is 2.10 bits per heavy atom. The van der Waals surface area contributed by atoms with Crippen LogP contribution in [0.15, 0.2) is 18.2 Å². The maximum Gasteiger partial charge on any atom is 0.140 e. The average molecular weight is 318 g/mol. The summed E-state index contributed by atoms with van der Waals surface area (Å²) in [6.45, 7) is 0. The number of aliphatic hydroxyl groups is 1. The fourth-order valence-corrected chi connectivity index (χ4v) is 6.18. The van der Waals surface area contributed by atoms with Crippen molar-refractivity contribution in [3.63, 3.8) is 0 Å². The Bertz CT molecular complexity index is 493. The standard InChI is InChI=1S/C13H18O5S2/c1-17-9-5-3-6-10(18-2)11(9)12(14)13-19(15)7-4-8-20(13)16/h3,5-6,12-14H,4,7-8H2,1-2H3/t12-,13?,19-,20+/m0/s1. The Kier molecular flexibility index (Phi) is 5.17. The highest BCUT2D eigenvalue weighted by Crippen LogP contribution is 2.38. The van der Waals surface area contributed by atoms with E-state index >= 15 is 0 Å². The molecule has 20 heavy (non-hydrogen) atoms. The summed E-state index contributed by atoms with van der Waals surface area (Å²) in [5.74, 6) is 1.81. The first-order valence-corrected chi connectivity index (χ1v) is 9.00. The van der Waals surface area contributed by atoms with E-state index in [2.05, 4.69) is 0 Å². The molecule has 0 spiro atoms. The van der Waals surface area contributed by atoms with Crippen LogP contribution in [0.2, 0.25) is 0 Å². The Hall–Kier alpha value is -0.920. The van der Waals surface area contributed by atoms with Crippen molar-refractivity contribution in [2.75, 3.05) is 25.7 Å². The molecule has 0 aromatic heterocycles. The quantitative estimate of drug-likeness (QED) is 0.895. The van der Waals surface area contributed by atoms with Crippen molar-refractivity contribution in [3.8, 4) is 11.5 Å². The minimum atomic E-state index is -1.32. The third kappa shape index (κ3) is 2.89. The molecule has 7 heteroatoms. The van der Waals surface area contributed by atoms with Crippen LogP contribution in [0.4, 0.5) is 0 Å². The van der Waals surface area contributed by atoms with E-state index in [1.54, 1.807) is 18.2 Å². The number of methoxy groups -OCH3 is 2. The molecule has 4 atom stereocenters. The van der Waals surface area contributed by atoms with Crippen molar-refractivity contribution in [1.29, 1.82) is 0 Å². The van der Waals surface area contributed by atoms with Crippen LogP contribution < -0.4 is 9.47 Å². The molecule has 5 nitrogen and oxygen atoms in total. The predicted octanol–water partition coefficient (Wildman–Crippen LogP) is 0.964. The first-order chi connectivity index (χ1) is 9.60. The number of hydrogen-bond donors (Lipinski definition) is 1. The molecule has 1 aromatic rings. The van der Waals surface area contributed by atoms with Crippen molar-refractivity contribution in [3.05, 3.63) is 23.8 Å². The molecular weight excluding hydrogens is 300 g/mol. The molecule has 1 fully saturated rings. The molecular formula is C13H18O5S2. The fourth-order valence-electron chi connectivity index (χ4n) is 2.29. The van der Waals surface area contributed by atoms with Crippen molar-refractivity contribution in [1.82, 2.24) is 0 Å². The lowest BCUT2D eigenvalue weighted by Crippen LogP contribution is -2.36. The largest absolute Gasteiger partial charge is 0.496 e. The van der Waals surface area contributed by atoms with Crippen LogP contribution in [-0.4, -0.2) is 43.8 Å². The Morgan fingerprint density at radius 1 is 1.15 bits per heavy atom. The van der Waals surface area contributed by atoms with Gasteiger partial charge in [0.2, 0.25) is 0 Å². The summed E-state index contributed by atoms with van der Waals surface area (Å²) in [5.41, 5.74) is 0.408. The zero-order chi connectivity index (χ0) is 14.7. The zero-order valence-corrected chi connectivity index (χ0v) is 13.0. The molecule has 1 N–H and O–H groups in total. The average Bonchev–Trinajstić information content (AvgIpc) is 2.45. The van der Waals surface area contributed by atoms with Gasteiger partial charge < -0.3 is 14.6 Å². The molecule has 1 saturated heterocycles. The molecule has 0 saturated carbocycles. The maximum absolute atomic E-state index is 12.1. The molecule has 1 heterocycles. The first kappa shape index (κ1) is 15.5. The van der Waals surface area contributed by atoms with Crippen LogP contribution in [0, 0.1) is 0 Å². The molecule has 1 unspecified atom stereocenters. The minimum absolute atomic E-state index is 0.408. The van der Waals surface area contributed by atoms with E-state index in [0.717, 1.165) is 0 Å². The predicted molar refractivity (Wildman–Crippen MR) is 78.9 cm³/mol. The van der Waals surface area contributed by atoms with Gasteiger partial charge in [0.05, 0.1) is 19.8 Å². The van der Waals surface area contributed by atoms with Crippen molar-refractivity contribution in [2.45, 2.75) is 17.1 Å². The zero-order valence-electron chi connectivity index (χ0n) is 11.4. The monoisotopic (exact) mass is 318 g/mol. The molecule has 1 aliphatic rings. The van der Waals surface area contributed by atoms with Gasteiger partial charge in [0, 0.05) is 33.1 Å². The van der Waals surface area contributed by atoms with Crippen LogP contribution in [-0.2, 0) is 21.6 Å². The van der Waals surface area contributed by atoms with Gasteiger partial charge in [-0.15, -0.1) is 0 Å². The highest BCUT2D eigenvalue weighted by molar-refractivity contribution is 8.03. The SMILES string of the molecule is COc1cccc(OC)c1[C@H](O)C1[S@](=O)CCC[S@@]1=O. The van der Waals surface area contributed by atoms with Gasteiger partial charge in [-0.25, -0.2) is 0 Å². The topological polar surface area (TPSA) is 72.8 Å². The van der Waals surface area contributed by atoms with Crippen LogP contribution in [0.3, 0.4) is 0 Å². The van der Waals surface area contributed by atoms with Gasteiger partial charge in [-0.05, 0) is 18.6 Å². The number of aliphatic hydroxyl groups excluding tert-OH is 1. The van der Waals surface area contributed by atoms with Crippen LogP contribution >= 0.6 is 0 Å². The number of rotatable bonds is 4. The van der Waals surface area contributed by atoms with Gasteiger partial charge in [-0.3, -0.25) is 8.42 Å². The van der Waals surface area contributed by atoms with Crippen molar-refractivity contribution in [2.24, 2.45) is 0 Å². The second-order valence-electron chi connectivity index (χ2n) is 4.41. The van der Waals surface area contributed by atoms with Crippen molar-refractivity contribution < 1.29 is 23.0 Å². The smallest absolute Gasteiger partial charge is 0.140 e. The third-order valence-corrected chi connectivity index (χ3v) is 7.45. The number of hydrogen-bond acceptors (Lipinski definition) is 5. The van der Waals surface area contributed by atoms with Gasteiger partial charge in [0.1, 0.15) is 22.2 Å². The van der Waals surface area contributed by atoms with Gasteiger partial charge in [-0.1, -0.05) is 6.07 Å². The molecule has 0 amide bonds. The van der Waals surface area contributed by atoms with Gasteiger partial charge in [0.15, 0.2) is 0 Å². The number of benzene rings is 1. The molecule has 0 radical (unpaired) electrons. The lowest BCUT2D eigenvalue weighted by atomic mass is 10.1.